The van der Waals surface area contributed by atoms with Crippen LogP contribution in [0.15, 0.2) is 114 Å². The van der Waals surface area contributed by atoms with Gasteiger partial charge in [-0.25, -0.2) is 0 Å². The molecule has 0 spiro atoms. The van der Waals surface area contributed by atoms with Crippen molar-refractivity contribution in [2.45, 2.75) is 12.5 Å². The molecule has 8 heteroatoms. The normalized spacial score (nSPS) is 12.2. The maximum atomic E-state index is 12.8. The summed E-state index contributed by atoms with van der Waals surface area (Å²) < 4.78 is 5.65. The smallest absolute Gasteiger partial charge is 0.313 e. The molecule has 5 aromatic rings. The topological polar surface area (TPSA) is 129 Å². The minimum atomic E-state index is -0.516. The summed E-state index contributed by atoms with van der Waals surface area (Å²) >= 11 is 0. The third-order valence-corrected chi connectivity index (χ3v) is 5.94. The van der Waals surface area contributed by atoms with Gasteiger partial charge in [-0.1, -0.05) is 84.9 Å². The maximum Gasteiger partial charge on any atom is 0.313 e. The van der Waals surface area contributed by atoms with Crippen LogP contribution in [0.5, 0.6) is 5.75 Å². The summed E-state index contributed by atoms with van der Waals surface area (Å²) in [6, 6.07) is 33.5. The Morgan fingerprint density at radius 2 is 1.58 bits per heavy atom. The largest absolute Gasteiger partial charge is 0.424 e. The number of hydrogen-bond donors (Lipinski definition) is 3. The summed E-state index contributed by atoms with van der Waals surface area (Å²) in [4.78, 5) is 17.1. The molecular formula is C30H26N6O2. The lowest BCUT2D eigenvalue weighted by Crippen LogP contribution is -2.23. The zero-order valence-electron chi connectivity index (χ0n) is 20.5. The number of fused-ring (bicyclic) bond motifs is 1. The first-order chi connectivity index (χ1) is 18.6. The van der Waals surface area contributed by atoms with Crippen molar-refractivity contribution in [1.82, 2.24) is 10.2 Å². The van der Waals surface area contributed by atoms with Gasteiger partial charge in [-0.15, -0.1) is 10.2 Å². The zero-order valence-corrected chi connectivity index (χ0v) is 20.5. The standard InChI is InChI=1S/C30H26N6O2/c31-24(23-14-8-12-20-9-4-5-13-22(20)23)19-29(37)38-27-16-7-6-15-26(27)33-30(32)34-28-18-17-25(35-36-28)21-10-2-1-3-11-21/h1-18,24H,19,31H2,(H3,32,33,34,36). The van der Waals surface area contributed by atoms with Crippen LogP contribution in [-0.4, -0.2) is 22.1 Å². The Morgan fingerprint density at radius 1 is 0.842 bits per heavy atom. The van der Waals surface area contributed by atoms with Crippen molar-refractivity contribution < 1.29 is 9.53 Å². The summed E-state index contributed by atoms with van der Waals surface area (Å²) in [5.74, 6) is 0.261. The number of hydrogen-bond acceptors (Lipinski definition) is 6. The van der Waals surface area contributed by atoms with Crippen molar-refractivity contribution in [2.24, 2.45) is 16.5 Å². The second kappa shape index (κ2) is 11.3. The van der Waals surface area contributed by atoms with Crippen LogP contribution < -0.4 is 21.5 Å². The van der Waals surface area contributed by atoms with Crippen molar-refractivity contribution in [3.05, 3.63) is 115 Å². The van der Waals surface area contributed by atoms with E-state index >= 15 is 0 Å². The molecule has 0 aliphatic rings. The summed E-state index contributed by atoms with van der Waals surface area (Å²) in [6.07, 6.45) is 0.00919. The van der Waals surface area contributed by atoms with Gasteiger partial charge in [-0.05, 0) is 40.6 Å². The monoisotopic (exact) mass is 502 g/mol. The Bertz CT molecular complexity index is 1580. The molecule has 0 aliphatic carbocycles. The Kier molecular flexibility index (Phi) is 7.33. The van der Waals surface area contributed by atoms with Crippen molar-refractivity contribution in [1.29, 1.82) is 0 Å². The number of aliphatic imine (C=N–C) groups is 1. The molecule has 38 heavy (non-hydrogen) atoms. The van der Waals surface area contributed by atoms with Crippen LogP contribution in [0.4, 0.5) is 11.5 Å². The van der Waals surface area contributed by atoms with Crippen LogP contribution in [0.3, 0.4) is 0 Å². The summed E-state index contributed by atoms with van der Waals surface area (Å²) in [5, 5.41) is 13.4. The van der Waals surface area contributed by atoms with Crippen LogP contribution in [0.1, 0.15) is 18.0 Å². The molecule has 0 saturated heterocycles. The number of nitrogens with one attached hydrogen (secondary N) is 1. The van der Waals surface area contributed by atoms with Crippen LogP contribution >= 0.6 is 0 Å². The number of ether oxygens (including phenoxy) is 1. The number of nitrogens with two attached hydrogens (primary N) is 2. The number of guanidine groups is 1. The fraction of sp³-hybridized carbons (Fsp3) is 0.0667. The van der Waals surface area contributed by atoms with E-state index in [1.807, 2.05) is 78.9 Å². The van der Waals surface area contributed by atoms with Gasteiger partial charge in [0, 0.05) is 11.6 Å². The van der Waals surface area contributed by atoms with Gasteiger partial charge in [0.2, 0.25) is 0 Å². The fourth-order valence-electron chi connectivity index (χ4n) is 4.12. The Balaban J connectivity index is 1.25. The van der Waals surface area contributed by atoms with Crippen LogP contribution in [0, 0.1) is 0 Å². The Hall–Kier alpha value is -5.08. The minimum absolute atomic E-state index is 0.00919. The van der Waals surface area contributed by atoms with E-state index in [1.54, 1.807) is 30.3 Å². The maximum absolute atomic E-state index is 12.8. The van der Waals surface area contributed by atoms with Gasteiger partial charge in [0.05, 0.1) is 17.8 Å². The SMILES string of the molecule is NC(=Nc1ccc(-c2ccccc2)nn1)Nc1ccccc1OC(=O)CC(N)c1cccc2ccccc12. The average Bonchev–Trinajstić information content (AvgIpc) is 2.94. The van der Waals surface area contributed by atoms with E-state index in [-0.39, 0.29) is 12.4 Å². The van der Waals surface area contributed by atoms with E-state index in [9.17, 15) is 4.79 Å². The summed E-state index contributed by atoms with van der Waals surface area (Å²) in [6.45, 7) is 0. The molecule has 5 rings (SSSR count). The van der Waals surface area contributed by atoms with E-state index in [2.05, 4.69) is 20.5 Å². The minimum Gasteiger partial charge on any atom is -0.424 e. The van der Waals surface area contributed by atoms with Gasteiger partial charge in [0.15, 0.2) is 17.5 Å². The highest BCUT2D eigenvalue weighted by atomic mass is 16.5. The predicted octanol–water partition coefficient (Wildman–Crippen LogP) is 5.35. The Morgan fingerprint density at radius 3 is 2.39 bits per heavy atom. The molecule has 1 unspecified atom stereocenters. The number of carbonyl (C=O) groups excluding carboxylic acids is 1. The first kappa shape index (κ1) is 24.6. The van der Waals surface area contributed by atoms with Gasteiger partial charge in [0.1, 0.15) is 0 Å². The first-order valence-electron chi connectivity index (χ1n) is 12.1. The van der Waals surface area contributed by atoms with Gasteiger partial charge >= 0.3 is 5.97 Å². The zero-order chi connectivity index (χ0) is 26.3. The number of carbonyl (C=O) groups is 1. The van der Waals surface area contributed by atoms with Crippen molar-refractivity contribution in [3.63, 3.8) is 0 Å². The van der Waals surface area contributed by atoms with Gasteiger partial charge in [-0.2, -0.15) is 4.99 Å². The lowest BCUT2D eigenvalue weighted by atomic mass is 9.97. The molecular weight excluding hydrogens is 476 g/mol. The van der Waals surface area contributed by atoms with Crippen LogP contribution in [0.2, 0.25) is 0 Å². The molecule has 0 bridgehead atoms. The molecule has 5 N–H and O–H groups in total. The summed E-state index contributed by atoms with van der Waals surface area (Å²) in [5.41, 5.74) is 15.6. The number of para-hydroxylation sites is 2. The van der Waals surface area contributed by atoms with Crippen molar-refractivity contribution >= 4 is 34.2 Å². The lowest BCUT2D eigenvalue weighted by molar-refractivity contribution is -0.134. The molecule has 0 radical (unpaired) electrons. The number of esters is 1. The lowest BCUT2D eigenvalue weighted by Gasteiger charge is -2.15. The molecule has 188 valence electrons. The van der Waals surface area contributed by atoms with Crippen molar-refractivity contribution in [3.8, 4) is 17.0 Å². The van der Waals surface area contributed by atoms with E-state index in [1.165, 1.54) is 0 Å². The fourth-order valence-corrected chi connectivity index (χ4v) is 4.12. The van der Waals surface area contributed by atoms with Crippen molar-refractivity contribution in [2.75, 3.05) is 5.32 Å². The molecule has 0 amide bonds. The van der Waals surface area contributed by atoms with Gasteiger partial charge in [-0.3, -0.25) is 4.79 Å². The molecule has 0 fully saturated rings. The number of benzene rings is 4. The van der Waals surface area contributed by atoms with Gasteiger partial charge in [0.25, 0.3) is 0 Å². The van der Waals surface area contributed by atoms with E-state index in [0.29, 0.717) is 17.3 Å². The van der Waals surface area contributed by atoms with E-state index in [4.69, 9.17) is 16.2 Å². The highest BCUT2D eigenvalue weighted by Crippen LogP contribution is 2.28. The third kappa shape index (κ3) is 5.83. The molecule has 4 aromatic carbocycles. The number of rotatable bonds is 7. The Labute approximate surface area is 220 Å². The molecule has 0 saturated carbocycles. The predicted molar refractivity (Wildman–Crippen MR) is 150 cm³/mol. The van der Waals surface area contributed by atoms with Gasteiger partial charge < -0.3 is 21.5 Å². The van der Waals surface area contributed by atoms with Crippen LogP contribution in [-0.2, 0) is 4.79 Å². The molecule has 8 nitrogen and oxygen atoms in total. The van der Waals surface area contributed by atoms with E-state index in [0.717, 1.165) is 27.6 Å². The third-order valence-electron chi connectivity index (χ3n) is 5.94. The van der Waals surface area contributed by atoms with E-state index < -0.39 is 12.0 Å². The number of aromatic nitrogens is 2. The average molecular weight is 503 g/mol. The number of nitrogens with zero attached hydrogens (tertiary/aromatic N) is 3. The first-order valence-corrected chi connectivity index (χ1v) is 12.1. The highest BCUT2D eigenvalue weighted by Gasteiger charge is 2.17. The molecule has 0 aliphatic heterocycles. The highest BCUT2D eigenvalue weighted by molar-refractivity contribution is 5.95. The molecule has 1 heterocycles. The number of anilines is 1. The second-order valence-corrected chi connectivity index (χ2v) is 8.61. The summed E-state index contributed by atoms with van der Waals surface area (Å²) in [7, 11) is 0. The second-order valence-electron chi connectivity index (χ2n) is 8.61. The molecule has 1 aromatic heterocycles. The molecule has 1 atom stereocenters. The quantitative estimate of drug-likeness (QED) is 0.118. The van der Waals surface area contributed by atoms with Crippen LogP contribution in [0.25, 0.3) is 22.0 Å².